The molecular formula is C28H43NO11. The molecule has 12 nitrogen and oxygen atoms in total. The maximum Gasteiger partial charge on any atom is 0.513 e. The van der Waals surface area contributed by atoms with Gasteiger partial charge in [-0.2, -0.15) is 0 Å². The number of hydrogen-bond donors (Lipinski definition) is 2. The van der Waals surface area contributed by atoms with Gasteiger partial charge in [0.15, 0.2) is 11.5 Å². The maximum absolute atomic E-state index is 12.4. The summed E-state index contributed by atoms with van der Waals surface area (Å²) in [5.41, 5.74) is -0.161. The molecule has 0 amide bonds. The van der Waals surface area contributed by atoms with E-state index in [0.29, 0.717) is 12.0 Å². The first kappa shape index (κ1) is 34.5. The molecule has 2 N–H and O–H groups in total. The topological polar surface area (TPSA) is 156 Å². The summed E-state index contributed by atoms with van der Waals surface area (Å²) in [6, 6.07) is 3.19. The zero-order valence-corrected chi connectivity index (χ0v) is 24.7. The highest BCUT2D eigenvalue weighted by molar-refractivity contribution is 5.74. The lowest BCUT2D eigenvalue weighted by Crippen LogP contribution is -2.42. The van der Waals surface area contributed by atoms with Crippen LogP contribution < -0.4 is 14.8 Å². The minimum atomic E-state index is -1.15. The summed E-state index contributed by atoms with van der Waals surface area (Å²) in [6.07, 6.45) is -2.90. The predicted molar refractivity (Wildman–Crippen MR) is 145 cm³/mol. The number of carbonyl (C=O) groups is 4. The van der Waals surface area contributed by atoms with Gasteiger partial charge in [-0.05, 0) is 48.3 Å². The van der Waals surface area contributed by atoms with Crippen LogP contribution in [0.25, 0.3) is 0 Å². The summed E-state index contributed by atoms with van der Waals surface area (Å²) in [7, 11) is 0. The van der Waals surface area contributed by atoms with Crippen molar-refractivity contribution in [2.45, 2.75) is 80.4 Å². The number of ether oxygens (including phenoxy) is 6. The van der Waals surface area contributed by atoms with E-state index in [-0.39, 0.29) is 55.1 Å². The van der Waals surface area contributed by atoms with E-state index in [0.717, 1.165) is 0 Å². The van der Waals surface area contributed by atoms with Gasteiger partial charge >= 0.3 is 24.4 Å². The number of nitrogens with one attached hydrogen (secondary N) is 1. The van der Waals surface area contributed by atoms with Gasteiger partial charge in [0.2, 0.25) is 0 Å². The number of hydrogen-bond acceptors (Lipinski definition) is 11. The van der Waals surface area contributed by atoms with E-state index in [9.17, 15) is 24.3 Å². The van der Waals surface area contributed by atoms with E-state index in [1.165, 1.54) is 18.2 Å². The SMILES string of the molecule is CCCOC(=O)OC(C)CN[C@@H](Cc1ccc(OC(=O)OCC(C)(C)C)c(OC(=O)OCC(C)(C)C)c1)C(=O)O. The second-order valence-corrected chi connectivity index (χ2v) is 11.7. The Kier molecular flexibility index (Phi) is 13.7. The van der Waals surface area contributed by atoms with Gasteiger partial charge < -0.3 is 38.8 Å². The van der Waals surface area contributed by atoms with Crippen molar-refractivity contribution >= 4 is 24.4 Å². The average molecular weight is 570 g/mol. The molecule has 1 rings (SSSR count). The number of aliphatic carboxylic acids is 1. The van der Waals surface area contributed by atoms with E-state index in [4.69, 9.17) is 28.4 Å². The van der Waals surface area contributed by atoms with Crippen molar-refractivity contribution in [3.05, 3.63) is 23.8 Å². The Hall–Kier alpha value is -3.54. The molecule has 1 aromatic carbocycles. The molecular weight excluding hydrogens is 526 g/mol. The Labute approximate surface area is 235 Å². The summed E-state index contributed by atoms with van der Waals surface area (Å²) >= 11 is 0. The number of rotatable bonds is 13. The molecule has 0 aliphatic rings. The Bertz CT molecular complexity index is 995. The molecule has 226 valence electrons. The van der Waals surface area contributed by atoms with Gasteiger partial charge in [-0.15, -0.1) is 0 Å². The third-order valence-electron chi connectivity index (χ3n) is 4.75. The summed E-state index contributed by atoms with van der Waals surface area (Å²) in [5.74, 6) is -1.41. The summed E-state index contributed by atoms with van der Waals surface area (Å²) in [5, 5.41) is 12.6. The van der Waals surface area contributed by atoms with Crippen LogP contribution in [0.4, 0.5) is 14.4 Å². The van der Waals surface area contributed by atoms with Crippen molar-refractivity contribution in [1.82, 2.24) is 5.32 Å². The highest BCUT2D eigenvalue weighted by Gasteiger charge is 2.24. The van der Waals surface area contributed by atoms with Crippen molar-refractivity contribution in [1.29, 1.82) is 0 Å². The van der Waals surface area contributed by atoms with E-state index < -0.39 is 36.6 Å². The molecule has 12 heteroatoms. The Morgan fingerprint density at radius 3 is 1.90 bits per heavy atom. The van der Waals surface area contributed by atoms with Crippen LogP contribution in [0.3, 0.4) is 0 Å². The Morgan fingerprint density at radius 2 is 1.40 bits per heavy atom. The monoisotopic (exact) mass is 569 g/mol. The fraction of sp³-hybridized carbons (Fsp3) is 0.643. The fourth-order valence-corrected chi connectivity index (χ4v) is 2.85. The first-order valence-electron chi connectivity index (χ1n) is 13.1. The number of carboxylic acids is 1. The fourth-order valence-electron chi connectivity index (χ4n) is 2.85. The lowest BCUT2D eigenvalue weighted by Gasteiger charge is -2.20. The third kappa shape index (κ3) is 15.2. The molecule has 0 saturated carbocycles. The van der Waals surface area contributed by atoms with E-state index in [2.05, 4.69) is 5.32 Å². The van der Waals surface area contributed by atoms with Crippen molar-refractivity contribution in [3.8, 4) is 11.5 Å². The molecule has 2 atom stereocenters. The van der Waals surface area contributed by atoms with E-state index in [1.807, 2.05) is 48.5 Å². The van der Waals surface area contributed by atoms with Gasteiger partial charge in [-0.25, -0.2) is 14.4 Å². The molecule has 0 aromatic heterocycles. The molecule has 0 aliphatic heterocycles. The molecule has 0 heterocycles. The summed E-state index contributed by atoms with van der Waals surface area (Å²) < 4.78 is 30.8. The first-order chi connectivity index (χ1) is 18.5. The lowest BCUT2D eigenvalue weighted by atomic mass is 9.99. The van der Waals surface area contributed by atoms with E-state index in [1.54, 1.807) is 6.92 Å². The standard InChI is InChI=1S/C28H43NO11/c1-9-12-35-24(32)38-18(2)15-29-20(23(30)31)13-19-10-11-21(39-25(33)36-16-27(3,4)5)22(14-19)40-26(34)37-17-28(6,7)8/h10-11,14,18,20,29H,9,12-13,15-17H2,1-8H3,(H,30,31)/t18?,20-/m0/s1. The molecule has 1 aromatic rings. The van der Waals surface area contributed by atoms with Crippen LogP contribution in [0.15, 0.2) is 18.2 Å². The van der Waals surface area contributed by atoms with E-state index >= 15 is 0 Å². The van der Waals surface area contributed by atoms with Crippen molar-refractivity contribution in [2.75, 3.05) is 26.4 Å². The highest BCUT2D eigenvalue weighted by atomic mass is 16.7. The third-order valence-corrected chi connectivity index (χ3v) is 4.75. The largest absolute Gasteiger partial charge is 0.513 e. The van der Waals surface area contributed by atoms with Crippen molar-refractivity contribution < 1.29 is 52.7 Å². The molecule has 0 aliphatic carbocycles. The van der Waals surface area contributed by atoms with Gasteiger partial charge in [-0.3, -0.25) is 4.79 Å². The summed E-state index contributed by atoms with van der Waals surface area (Å²) in [4.78, 5) is 48.1. The smallest absolute Gasteiger partial charge is 0.480 e. The number of carbonyl (C=O) groups excluding carboxylic acids is 3. The van der Waals surface area contributed by atoms with Crippen LogP contribution in [-0.4, -0.2) is 68.1 Å². The van der Waals surface area contributed by atoms with Crippen molar-refractivity contribution in [3.63, 3.8) is 0 Å². The average Bonchev–Trinajstić information content (AvgIpc) is 2.83. The second-order valence-electron chi connectivity index (χ2n) is 11.7. The van der Waals surface area contributed by atoms with Gasteiger partial charge in [0.05, 0.1) is 19.8 Å². The van der Waals surface area contributed by atoms with Crippen LogP contribution in [0, 0.1) is 10.8 Å². The quantitative estimate of drug-likeness (QED) is 0.179. The minimum absolute atomic E-state index is 0.0372. The maximum atomic E-state index is 12.4. The second kappa shape index (κ2) is 15.9. The van der Waals surface area contributed by atoms with Crippen LogP contribution in [-0.2, 0) is 30.2 Å². The molecule has 1 unspecified atom stereocenters. The normalized spacial score (nSPS) is 13.0. The highest BCUT2D eigenvalue weighted by Crippen LogP contribution is 2.30. The Morgan fingerprint density at radius 1 is 0.850 bits per heavy atom. The zero-order chi connectivity index (χ0) is 30.5. The molecule has 0 radical (unpaired) electrons. The minimum Gasteiger partial charge on any atom is -0.480 e. The number of benzene rings is 1. The van der Waals surface area contributed by atoms with Crippen LogP contribution in [0.5, 0.6) is 11.5 Å². The van der Waals surface area contributed by atoms with Crippen LogP contribution in [0.2, 0.25) is 0 Å². The van der Waals surface area contributed by atoms with Gasteiger partial charge in [0, 0.05) is 6.54 Å². The molecule has 0 fully saturated rings. The van der Waals surface area contributed by atoms with Crippen molar-refractivity contribution in [2.24, 2.45) is 10.8 Å². The predicted octanol–water partition coefficient (Wildman–Crippen LogP) is 5.35. The molecule has 0 spiro atoms. The van der Waals surface area contributed by atoms with Crippen LogP contribution >= 0.6 is 0 Å². The van der Waals surface area contributed by atoms with Crippen LogP contribution in [0.1, 0.15) is 67.4 Å². The first-order valence-corrected chi connectivity index (χ1v) is 13.1. The lowest BCUT2D eigenvalue weighted by molar-refractivity contribution is -0.139. The van der Waals surface area contributed by atoms with Gasteiger partial charge in [0.25, 0.3) is 0 Å². The number of carboxylic acid groups (broad SMARTS) is 1. The Balaban J connectivity index is 3.02. The molecule has 40 heavy (non-hydrogen) atoms. The zero-order valence-electron chi connectivity index (χ0n) is 24.7. The van der Waals surface area contributed by atoms with Gasteiger partial charge in [-0.1, -0.05) is 54.5 Å². The molecule has 0 saturated heterocycles. The van der Waals surface area contributed by atoms with Gasteiger partial charge in [0.1, 0.15) is 12.1 Å². The molecule has 0 bridgehead atoms. The summed E-state index contributed by atoms with van der Waals surface area (Å²) in [6.45, 7) is 15.1.